The van der Waals surface area contributed by atoms with Crippen molar-refractivity contribution < 1.29 is 19.4 Å². The number of nitrogens with one attached hydrogen (secondary N) is 1. The van der Waals surface area contributed by atoms with E-state index in [1.54, 1.807) is 24.3 Å². The van der Waals surface area contributed by atoms with Crippen molar-refractivity contribution in [1.82, 2.24) is 5.32 Å². The first kappa shape index (κ1) is 14.7. The average molecular weight is 262 g/mol. The van der Waals surface area contributed by atoms with Crippen molar-refractivity contribution in [2.45, 2.75) is 12.5 Å². The molecule has 0 heterocycles. The number of ether oxygens (including phenoxy) is 1. The van der Waals surface area contributed by atoms with E-state index in [0.717, 1.165) is 0 Å². The third-order valence-electron chi connectivity index (χ3n) is 2.46. The Morgan fingerprint density at radius 3 is 2.84 bits per heavy atom. The summed E-state index contributed by atoms with van der Waals surface area (Å²) >= 11 is 0. The van der Waals surface area contributed by atoms with Gasteiger partial charge in [-0.2, -0.15) is 5.26 Å². The van der Waals surface area contributed by atoms with Crippen LogP contribution in [-0.4, -0.2) is 36.7 Å². The Bertz CT molecular complexity index is 508. The zero-order valence-corrected chi connectivity index (χ0v) is 10.4. The number of hydrogen-bond acceptors (Lipinski definition) is 5. The first-order valence-electron chi connectivity index (χ1n) is 5.57. The molecule has 2 N–H and O–H groups in total. The summed E-state index contributed by atoms with van der Waals surface area (Å²) in [7, 11) is 1.21. The van der Waals surface area contributed by atoms with Crippen molar-refractivity contribution in [2.75, 3.05) is 13.7 Å². The van der Waals surface area contributed by atoms with Crippen molar-refractivity contribution >= 4 is 11.9 Å². The van der Waals surface area contributed by atoms with E-state index in [1.165, 1.54) is 7.11 Å². The van der Waals surface area contributed by atoms with Gasteiger partial charge in [0.25, 0.3) is 0 Å². The maximum atomic E-state index is 11.5. The standard InChI is InChI=1S/C13H14N2O4/c1-19-13(18)11(15-12(17)8-16)6-9-3-2-4-10(5-9)7-14/h2-5,11,16H,6,8H2,1H3,(H,15,17)/t11-/m1/s1. The molecule has 6 heteroatoms. The van der Waals surface area contributed by atoms with Gasteiger partial charge in [-0.25, -0.2) is 4.79 Å². The first-order chi connectivity index (χ1) is 9.10. The monoisotopic (exact) mass is 262 g/mol. The molecule has 0 unspecified atom stereocenters. The molecule has 100 valence electrons. The molecule has 0 bridgehead atoms. The van der Waals surface area contributed by atoms with E-state index >= 15 is 0 Å². The number of nitriles is 1. The number of esters is 1. The third kappa shape index (κ3) is 4.41. The molecule has 0 aliphatic rings. The Balaban J connectivity index is 2.84. The van der Waals surface area contributed by atoms with Crippen LogP contribution in [0, 0.1) is 11.3 Å². The van der Waals surface area contributed by atoms with Gasteiger partial charge in [-0.3, -0.25) is 4.79 Å². The second kappa shape index (κ2) is 7.13. The molecule has 1 atom stereocenters. The van der Waals surface area contributed by atoms with Crippen LogP contribution < -0.4 is 5.32 Å². The van der Waals surface area contributed by atoms with E-state index in [0.29, 0.717) is 11.1 Å². The molecule has 0 saturated carbocycles. The third-order valence-corrected chi connectivity index (χ3v) is 2.46. The number of aliphatic hydroxyl groups excluding tert-OH is 1. The van der Waals surface area contributed by atoms with E-state index in [4.69, 9.17) is 10.4 Å². The van der Waals surface area contributed by atoms with Crippen LogP contribution in [0.1, 0.15) is 11.1 Å². The highest BCUT2D eigenvalue weighted by Gasteiger charge is 2.21. The number of rotatable bonds is 5. The van der Waals surface area contributed by atoms with Crippen LogP contribution in [0.3, 0.4) is 0 Å². The van der Waals surface area contributed by atoms with E-state index in [9.17, 15) is 9.59 Å². The van der Waals surface area contributed by atoms with Crippen molar-refractivity contribution in [1.29, 1.82) is 5.26 Å². The molecule has 0 aromatic heterocycles. The molecule has 1 rings (SSSR count). The molecular weight excluding hydrogens is 248 g/mol. The number of amides is 1. The van der Waals surface area contributed by atoms with Crippen LogP contribution >= 0.6 is 0 Å². The van der Waals surface area contributed by atoms with Crippen LogP contribution in [0.25, 0.3) is 0 Å². The molecule has 0 saturated heterocycles. The maximum Gasteiger partial charge on any atom is 0.328 e. The summed E-state index contributed by atoms with van der Waals surface area (Å²) in [6.45, 7) is -0.703. The lowest BCUT2D eigenvalue weighted by molar-refractivity contribution is -0.145. The van der Waals surface area contributed by atoms with E-state index in [2.05, 4.69) is 10.1 Å². The van der Waals surface area contributed by atoms with Crippen LogP contribution in [0.4, 0.5) is 0 Å². The lowest BCUT2D eigenvalue weighted by Crippen LogP contribution is -2.44. The highest BCUT2D eigenvalue weighted by Crippen LogP contribution is 2.08. The predicted octanol–water partition coefficient (Wildman–Crippen LogP) is -0.249. The fourth-order valence-electron chi connectivity index (χ4n) is 1.58. The number of carbonyl (C=O) groups excluding carboxylic acids is 2. The number of benzene rings is 1. The molecule has 1 aromatic rings. The topological polar surface area (TPSA) is 99.4 Å². The molecule has 6 nitrogen and oxygen atoms in total. The van der Waals surface area contributed by atoms with Gasteiger partial charge in [0.1, 0.15) is 12.6 Å². The van der Waals surface area contributed by atoms with E-state index in [1.807, 2.05) is 6.07 Å². The molecule has 1 aromatic carbocycles. The van der Waals surface area contributed by atoms with Crippen molar-refractivity contribution in [2.24, 2.45) is 0 Å². The second-order valence-corrected chi connectivity index (χ2v) is 3.82. The number of aliphatic hydroxyl groups is 1. The largest absolute Gasteiger partial charge is 0.467 e. The fourth-order valence-corrected chi connectivity index (χ4v) is 1.58. The summed E-state index contributed by atoms with van der Waals surface area (Å²) in [5.41, 5.74) is 1.18. The van der Waals surface area contributed by atoms with Crippen LogP contribution in [-0.2, 0) is 20.7 Å². The summed E-state index contributed by atoms with van der Waals surface area (Å²) in [4.78, 5) is 22.7. The van der Waals surface area contributed by atoms with Gasteiger partial charge in [-0.1, -0.05) is 12.1 Å². The van der Waals surface area contributed by atoms with Gasteiger partial charge in [0, 0.05) is 6.42 Å². The van der Waals surface area contributed by atoms with E-state index < -0.39 is 24.5 Å². The molecule has 0 fully saturated rings. The number of carbonyl (C=O) groups is 2. The van der Waals surface area contributed by atoms with Gasteiger partial charge in [-0.15, -0.1) is 0 Å². The van der Waals surface area contributed by atoms with Gasteiger partial charge in [-0.05, 0) is 17.7 Å². The number of hydrogen-bond donors (Lipinski definition) is 2. The van der Waals surface area contributed by atoms with Gasteiger partial charge in [0.05, 0.1) is 18.7 Å². The summed E-state index contributed by atoms with van der Waals surface area (Å²) in [6.07, 6.45) is 0.188. The Hall–Kier alpha value is -2.39. The first-order valence-corrected chi connectivity index (χ1v) is 5.57. The fraction of sp³-hybridized carbons (Fsp3) is 0.308. The van der Waals surface area contributed by atoms with E-state index in [-0.39, 0.29) is 6.42 Å². The summed E-state index contributed by atoms with van der Waals surface area (Å²) < 4.78 is 4.59. The zero-order valence-electron chi connectivity index (χ0n) is 10.4. The summed E-state index contributed by atoms with van der Waals surface area (Å²) in [5.74, 6) is -1.27. The Morgan fingerprint density at radius 1 is 1.53 bits per heavy atom. The summed E-state index contributed by atoms with van der Waals surface area (Å²) in [6, 6.07) is 7.80. The Kier molecular flexibility index (Phi) is 5.51. The Labute approximate surface area is 110 Å². The lowest BCUT2D eigenvalue weighted by Gasteiger charge is -2.16. The van der Waals surface area contributed by atoms with Crippen molar-refractivity contribution in [3.63, 3.8) is 0 Å². The minimum absolute atomic E-state index is 0.188. The van der Waals surface area contributed by atoms with Crippen LogP contribution in [0.15, 0.2) is 24.3 Å². The van der Waals surface area contributed by atoms with Crippen LogP contribution in [0.2, 0.25) is 0 Å². The smallest absolute Gasteiger partial charge is 0.328 e. The SMILES string of the molecule is COC(=O)[C@@H](Cc1cccc(C#N)c1)NC(=O)CO. The minimum Gasteiger partial charge on any atom is -0.467 e. The number of nitrogens with zero attached hydrogens (tertiary/aromatic N) is 1. The molecule has 0 spiro atoms. The molecule has 19 heavy (non-hydrogen) atoms. The van der Waals surface area contributed by atoms with Crippen molar-refractivity contribution in [3.05, 3.63) is 35.4 Å². The summed E-state index contributed by atoms with van der Waals surface area (Å²) in [5, 5.41) is 19.8. The highest BCUT2D eigenvalue weighted by molar-refractivity contribution is 5.85. The van der Waals surface area contributed by atoms with Gasteiger partial charge < -0.3 is 15.2 Å². The lowest BCUT2D eigenvalue weighted by atomic mass is 10.0. The molecule has 0 radical (unpaired) electrons. The zero-order chi connectivity index (χ0) is 14.3. The van der Waals surface area contributed by atoms with Gasteiger partial charge >= 0.3 is 5.97 Å². The molecule has 0 aliphatic carbocycles. The normalized spacial score (nSPS) is 11.2. The van der Waals surface area contributed by atoms with Gasteiger partial charge in [0.15, 0.2) is 0 Å². The van der Waals surface area contributed by atoms with Crippen molar-refractivity contribution in [3.8, 4) is 6.07 Å². The average Bonchev–Trinajstić information content (AvgIpc) is 2.45. The van der Waals surface area contributed by atoms with Gasteiger partial charge in [0.2, 0.25) is 5.91 Å². The number of methoxy groups -OCH3 is 1. The molecule has 1 amide bonds. The van der Waals surface area contributed by atoms with Crippen LogP contribution in [0.5, 0.6) is 0 Å². The predicted molar refractivity (Wildman–Crippen MR) is 65.9 cm³/mol. The Morgan fingerprint density at radius 2 is 2.26 bits per heavy atom. The minimum atomic E-state index is -0.890. The highest BCUT2D eigenvalue weighted by atomic mass is 16.5. The quantitative estimate of drug-likeness (QED) is 0.713. The molecule has 0 aliphatic heterocycles. The second-order valence-electron chi connectivity index (χ2n) is 3.82. The molecular formula is C13H14N2O4. The maximum absolute atomic E-state index is 11.5.